The van der Waals surface area contributed by atoms with Crippen LogP contribution in [0.1, 0.15) is 32.1 Å². The Hall–Kier alpha value is -3.94. The molecular formula is C27H28N2O6. The minimum Gasteiger partial charge on any atom is -0.497 e. The van der Waals surface area contributed by atoms with Crippen LogP contribution in [-0.2, 0) is 14.2 Å². The van der Waals surface area contributed by atoms with Gasteiger partial charge in [0.15, 0.2) is 12.0 Å². The molecule has 2 aliphatic heterocycles. The second-order valence-corrected chi connectivity index (χ2v) is 8.49. The highest BCUT2D eigenvalue weighted by Crippen LogP contribution is 2.31. The summed E-state index contributed by atoms with van der Waals surface area (Å²) in [4.78, 5) is 18.3. The summed E-state index contributed by atoms with van der Waals surface area (Å²) in [6.07, 6.45) is 14.5. The van der Waals surface area contributed by atoms with Gasteiger partial charge in [-0.25, -0.2) is 9.69 Å². The van der Waals surface area contributed by atoms with E-state index in [1.807, 2.05) is 36.4 Å². The van der Waals surface area contributed by atoms with Crippen molar-refractivity contribution in [2.45, 2.75) is 38.2 Å². The highest BCUT2D eigenvalue weighted by atomic mass is 16.6. The van der Waals surface area contributed by atoms with Crippen LogP contribution in [0.2, 0.25) is 0 Å². The van der Waals surface area contributed by atoms with Gasteiger partial charge in [-0.3, -0.25) is 4.98 Å². The molecule has 8 heteroatoms. The van der Waals surface area contributed by atoms with E-state index in [2.05, 4.69) is 11.1 Å². The van der Waals surface area contributed by atoms with Crippen LogP contribution in [0.3, 0.4) is 0 Å². The SMILES string of the molecule is COc1ccc2nccc(OCCCC[C@@H]3CN(C4=COC=C(C5=CC=CCC5)O4)C(=O)O3)c2c1. The maximum absolute atomic E-state index is 12.5. The third-order valence-corrected chi connectivity index (χ3v) is 6.12. The molecule has 1 atom stereocenters. The number of nitrogens with zero attached hydrogens (tertiary/aromatic N) is 2. The molecule has 0 bridgehead atoms. The van der Waals surface area contributed by atoms with Crippen LogP contribution in [0.25, 0.3) is 10.9 Å². The highest BCUT2D eigenvalue weighted by Gasteiger charge is 2.36. The average molecular weight is 477 g/mol. The zero-order chi connectivity index (χ0) is 24.0. The summed E-state index contributed by atoms with van der Waals surface area (Å²) in [5.41, 5.74) is 1.90. The van der Waals surface area contributed by atoms with E-state index in [4.69, 9.17) is 23.7 Å². The molecule has 1 aliphatic carbocycles. The maximum atomic E-state index is 12.5. The lowest BCUT2D eigenvalue weighted by molar-refractivity contribution is 0.116. The molecule has 1 fully saturated rings. The van der Waals surface area contributed by atoms with Gasteiger partial charge in [0.1, 0.15) is 23.9 Å². The summed E-state index contributed by atoms with van der Waals surface area (Å²) in [6, 6.07) is 7.59. The zero-order valence-electron chi connectivity index (χ0n) is 19.6. The molecule has 0 spiro atoms. The number of fused-ring (bicyclic) bond motifs is 1. The molecular weight excluding hydrogens is 448 g/mol. The molecule has 35 heavy (non-hydrogen) atoms. The molecule has 0 radical (unpaired) electrons. The van der Waals surface area contributed by atoms with Crippen molar-refractivity contribution in [3.63, 3.8) is 0 Å². The molecule has 182 valence electrons. The monoisotopic (exact) mass is 476 g/mol. The first-order valence-corrected chi connectivity index (χ1v) is 11.8. The Morgan fingerprint density at radius 2 is 2.14 bits per heavy atom. The molecule has 1 aromatic heterocycles. The van der Waals surface area contributed by atoms with Crippen LogP contribution in [0, 0.1) is 0 Å². The number of methoxy groups -OCH3 is 1. The topological polar surface area (TPSA) is 79.4 Å². The van der Waals surface area contributed by atoms with Gasteiger partial charge in [0.2, 0.25) is 5.88 Å². The molecule has 8 nitrogen and oxygen atoms in total. The number of rotatable bonds is 9. The lowest BCUT2D eigenvalue weighted by Crippen LogP contribution is -2.27. The number of unbranched alkanes of at least 4 members (excludes halogenated alkanes) is 1. The number of hydrogen-bond donors (Lipinski definition) is 0. The molecule has 3 heterocycles. The Morgan fingerprint density at radius 1 is 1.20 bits per heavy atom. The Bertz CT molecular complexity index is 1220. The molecule has 2 aromatic rings. The molecule has 3 aliphatic rings. The van der Waals surface area contributed by atoms with Crippen molar-refractivity contribution in [3.8, 4) is 11.5 Å². The van der Waals surface area contributed by atoms with Gasteiger partial charge in [0.05, 0.1) is 25.8 Å². The zero-order valence-corrected chi connectivity index (χ0v) is 19.6. The fourth-order valence-corrected chi connectivity index (χ4v) is 4.24. The normalized spacial score (nSPS) is 19.3. The van der Waals surface area contributed by atoms with Crippen LogP contribution < -0.4 is 9.47 Å². The lowest BCUT2D eigenvalue weighted by Gasteiger charge is -2.23. The number of benzene rings is 1. The van der Waals surface area contributed by atoms with Gasteiger partial charge in [0.25, 0.3) is 0 Å². The van der Waals surface area contributed by atoms with Crippen LogP contribution in [-0.4, -0.2) is 42.3 Å². The molecule has 5 rings (SSSR count). The number of carbonyl (C=O) groups is 1. The second kappa shape index (κ2) is 10.5. The fraction of sp³-hybridized carbons (Fsp3) is 0.333. The van der Waals surface area contributed by atoms with E-state index in [0.29, 0.717) is 24.8 Å². The van der Waals surface area contributed by atoms with E-state index in [-0.39, 0.29) is 6.10 Å². The second-order valence-electron chi connectivity index (χ2n) is 8.49. The fourth-order valence-electron chi connectivity index (χ4n) is 4.24. The first-order valence-electron chi connectivity index (χ1n) is 11.8. The summed E-state index contributed by atoms with van der Waals surface area (Å²) >= 11 is 0. The molecule has 1 saturated heterocycles. The van der Waals surface area contributed by atoms with Crippen molar-refractivity contribution < 1.29 is 28.5 Å². The Labute approximate surface area is 204 Å². The maximum Gasteiger partial charge on any atom is 0.417 e. The van der Waals surface area contributed by atoms with E-state index >= 15 is 0 Å². The molecule has 0 unspecified atom stereocenters. The smallest absolute Gasteiger partial charge is 0.417 e. The number of carbonyl (C=O) groups excluding carboxylic acids is 1. The Morgan fingerprint density at radius 3 is 3.00 bits per heavy atom. The van der Waals surface area contributed by atoms with Crippen molar-refractivity contribution in [2.75, 3.05) is 20.3 Å². The summed E-state index contributed by atoms with van der Waals surface area (Å²) in [5, 5.41) is 0.920. The molecule has 1 aromatic carbocycles. The molecule has 0 saturated carbocycles. The van der Waals surface area contributed by atoms with Gasteiger partial charge < -0.3 is 23.7 Å². The van der Waals surface area contributed by atoms with E-state index in [1.54, 1.807) is 19.6 Å². The average Bonchev–Trinajstić information content (AvgIpc) is 3.29. The Kier molecular flexibility index (Phi) is 6.88. The highest BCUT2D eigenvalue weighted by molar-refractivity contribution is 5.86. The summed E-state index contributed by atoms with van der Waals surface area (Å²) < 4.78 is 28.3. The van der Waals surface area contributed by atoms with Crippen LogP contribution >= 0.6 is 0 Å². The van der Waals surface area contributed by atoms with E-state index in [1.165, 1.54) is 11.2 Å². The lowest BCUT2D eigenvalue weighted by atomic mass is 10.0. The van der Waals surface area contributed by atoms with Gasteiger partial charge in [-0.05, 0) is 61.9 Å². The van der Waals surface area contributed by atoms with Crippen molar-refractivity contribution in [1.29, 1.82) is 0 Å². The van der Waals surface area contributed by atoms with E-state index < -0.39 is 6.09 Å². The number of ether oxygens (including phenoxy) is 5. The summed E-state index contributed by atoms with van der Waals surface area (Å²) in [6.45, 7) is 0.983. The standard InChI is InChI=1S/C27H28N2O6/c1-31-20-10-11-23-22(15-20)24(12-13-28-23)33-14-6-5-9-21-16-29(27(30)34-21)26-18-32-17-25(35-26)19-7-3-2-4-8-19/h2-3,7,10-13,15,17-18,21H,4-6,8-9,14,16H2,1H3/t21-/m1/s1. The quantitative estimate of drug-likeness (QED) is 0.437. The largest absolute Gasteiger partial charge is 0.497 e. The molecule has 1 amide bonds. The van der Waals surface area contributed by atoms with Gasteiger partial charge in [-0.1, -0.05) is 18.2 Å². The molecule has 0 N–H and O–H groups in total. The van der Waals surface area contributed by atoms with E-state index in [9.17, 15) is 4.79 Å². The van der Waals surface area contributed by atoms with Crippen LogP contribution in [0.15, 0.2) is 78.4 Å². The number of allylic oxidation sites excluding steroid dienone is 4. The summed E-state index contributed by atoms with van der Waals surface area (Å²) in [7, 11) is 1.64. The first-order chi connectivity index (χ1) is 17.2. The van der Waals surface area contributed by atoms with Crippen molar-refractivity contribution >= 4 is 17.0 Å². The summed E-state index contributed by atoms with van der Waals surface area (Å²) in [5.74, 6) is 2.52. The van der Waals surface area contributed by atoms with Crippen molar-refractivity contribution in [1.82, 2.24) is 9.88 Å². The van der Waals surface area contributed by atoms with Gasteiger partial charge in [-0.15, -0.1) is 0 Å². The number of pyridine rings is 1. The number of amides is 1. The van der Waals surface area contributed by atoms with E-state index in [0.717, 1.165) is 60.1 Å². The third kappa shape index (κ3) is 5.26. The van der Waals surface area contributed by atoms with Gasteiger partial charge in [-0.2, -0.15) is 0 Å². The predicted octanol–water partition coefficient (Wildman–Crippen LogP) is 5.58. The minimum absolute atomic E-state index is 0.204. The van der Waals surface area contributed by atoms with Crippen molar-refractivity contribution in [3.05, 3.63) is 78.4 Å². The number of aromatic nitrogens is 1. The van der Waals surface area contributed by atoms with Crippen LogP contribution in [0.5, 0.6) is 11.5 Å². The first kappa shape index (κ1) is 22.8. The van der Waals surface area contributed by atoms with Crippen molar-refractivity contribution in [2.24, 2.45) is 0 Å². The number of hydrogen-bond acceptors (Lipinski definition) is 7. The number of cyclic esters (lactones) is 1. The third-order valence-electron chi connectivity index (χ3n) is 6.12. The van der Waals surface area contributed by atoms with Crippen LogP contribution in [0.4, 0.5) is 4.79 Å². The predicted molar refractivity (Wildman–Crippen MR) is 129 cm³/mol. The minimum atomic E-state index is -0.419. The Balaban J connectivity index is 1.09. The van der Waals surface area contributed by atoms with Gasteiger partial charge in [0, 0.05) is 11.6 Å². The van der Waals surface area contributed by atoms with Gasteiger partial charge >= 0.3 is 6.09 Å².